The average molecular weight is 208 g/mol. The molecule has 5 heteroatoms. The summed E-state index contributed by atoms with van der Waals surface area (Å²) in [5.41, 5.74) is 2.01. The van der Waals surface area contributed by atoms with Gasteiger partial charge in [0.1, 0.15) is 0 Å². The van der Waals surface area contributed by atoms with Crippen LogP contribution in [-0.2, 0) is 17.7 Å². The topological polar surface area (TPSA) is 51.1 Å². The van der Waals surface area contributed by atoms with Crippen LogP contribution in [0.4, 0.5) is 5.95 Å². The Morgan fingerprint density at radius 1 is 1.20 bits per heavy atom. The molecule has 0 aromatic carbocycles. The van der Waals surface area contributed by atoms with Crippen LogP contribution in [-0.4, -0.2) is 28.3 Å². The SMILES string of the molecule is CCc1nnc(N2CCCO2)nc1CC. The van der Waals surface area contributed by atoms with Gasteiger partial charge in [-0.3, -0.25) is 4.84 Å². The van der Waals surface area contributed by atoms with E-state index in [4.69, 9.17) is 4.84 Å². The second-order valence-electron chi connectivity index (χ2n) is 3.50. The fourth-order valence-electron chi connectivity index (χ4n) is 1.64. The Morgan fingerprint density at radius 3 is 2.60 bits per heavy atom. The van der Waals surface area contributed by atoms with Gasteiger partial charge < -0.3 is 0 Å². The number of hydroxylamine groups is 1. The number of hydrogen-bond acceptors (Lipinski definition) is 5. The first-order chi connectivity index (χ1) is 7.35. The number of aromatic nitrogens is 3. The molecule has 0 N–H and O–H groups in total. The molecule has 0 spiro atoms. The van der Waals surface area contributed by atoms with E-state index in [1.165, 1.54) is 0 Å². The molecule has 2 heterocycles. The lowest BCUT2D eigenvalue weighted by molar-refractivity contribution is 0.163. The van der Waals surface area contributed by atoms with E-state index in [0.29, 0.717) is 5.95 Å². The third-order valence-corrected chi connectivity index (χ3v) is 2.47. The molecule has 0 saturated carbocycles. The van der Waals surface area contributed by atoms with Crippen LogP contribution in [0.2, 0.25) is 0 Å². The lowest BCUT2D eigenvalue weighted by Gasteiger charge is -2.14. The molecule has 1 aromatic rings. The first-order valence-electron chi connectivity index (χ1n) is 5.48. The van der Waals surface area contributed by atoms with E-state index >= 15 is 0 Å². The number of aryl methyl sites for hydroxylation is 2. The number of rotatable bonds is 3. The van der Waals surface area contributed by atoms with E-state index in [1.807, 2.05) is 0 Å². The molecular formula is C10H16N4O. The molecule has 0 aliphatic carbocycles. The Bertz CT molecular complexity index is 336. The summed E-state index contributed by atoms with van der Waals surface area (Å²) in [6, 6.07) is 0. The van der Waals surface area contributed by atoms with Crippen LogP contribution < -0.4 is 5.06 Å². The highest BCUT2D eigenvalue weighted by Crippen LogP contribution is 2.15. The third-order valence-electron chi connectivity index (χ3n) is 2.47. The van der Waals surface area contributed by atoms with Crippen molar-refractivity contribution in [2.45, 2.75) is 33.1 Å². The molecule has 2 rings (SSSR count). The summed E-state index contributed by atoms with van der Waals surface area (Å²) in [5.74, 6) is 0.599. The fourth-order valence-corrected chi connectivity index (χ4v) is 1.64. The average Bonchev–Trinajstić information content (AvgIpc) is 2.81. The number of nitrogens with zero attached hydrogens (tertiary/aromatic N) is 4. The van der Waals surface area contributed by atoms with E-state index in [2.05, 4.69) is 29.0 Å². The Balaban J connectivity index is 2.25. The lowest BCUT2D eigenvalue weighted by atomic mass is 10.2. The largest absolute Gasteiger partial charge is 0.271 e. The molecule has 1 aliphatic rings. The van der Waals surface area contributed by atoms with Gasteiger partial charge in [0.15, 0.2) is 0 Å². The van der Waals surface area contributed by atoms with Crippen LogP contribution in [0.5, 0.6) is 0 Å². The Morgan fingerprint density at radius 2 is 2.00 bits per heavy atom. The van der Waals surface area contributed by atoms with Crippen molar-refractivity contribution in [3.63, 3.8) is 0 Å². The predicted molar refractivity (Wildman–Crippen MR) is 56.5 cm³/mol. The van der Waals surface area contributed by atoms with Crippen molar-refractivity contribution in [1.29, 1.82) is 0 Å². The highest BCUT2D eigenvalue weighted by Gasteiger charge is 2.17. The van der Waals surface area contributed by atoms with Crippen LogP contribution >= 0.6 is 0 Å². The van der Waals surface area contributed by atoms with Crippen LogP contribution in [0.25, 0.3) is 0 Å². The van der Waals surface area contributed by atoms with E-state index < -0.39 is 0 Å². The quantitative estimate of drug-likeness (QED) is 0.745. The van der Waals surface area contributed by atoms with E-state index in [-0.39, 0.29) is 0 Å². The normalized spacial score (nSPS) is 16.0. The van der Waals surface area contributed by atoms with Gasteiger partial charge in [-0.1, -0.05) is 13.8 Å². The van der Waals surface area contributed by atoms with Gasteiger partial charge in [0.05, 0.1) is 24.5 Å². The zero-order chi connectivity index (χ0) is 10.7. The predicted octanol–water partition coefficient (Wildman–Crippen LogP) is 1.14. The molecule has 5 nitrogen and oxygen atoms in total. The second-order valence-corrected chi connectivity index (χ2v) is 3.50. The van der Waals surface area contributed by atoms with Gasteiger partial charge in [0, 0.05) is 0 Å². The molecule has 1 fully saturated rings. The molecular weight excluding hydrogens is 192 g/mol. The van der Waals surface area contributed by atoms with Crippen molar-refractivity contribution in [3.8, 4) is 0 Å². The van der Waals surface area contributed by atoms with Gasteiger partial charge in [-0.2, -0.15) is 0 Å². The van der Waals surface area contributed by atoms with Crippen LogP contribution in [0.15, 0.2) is 0 Å². The maximum atomic E-state index is 5.38. The van der Waals surface area contributed by atoms with Crippen molar-refractivity contribution in [3.05, 3.63) is 11.4 Å². The summed E-state index contributed by atoms with van der Waals surface area (Å²) in [7, 11) is 0. The summed E-state index contributed by atoms with van der Waals surface area (Å²) in [5, 5.41) is 9.99. The molecule has 0 amide bonds. The first kappa shape index (κ1) is 10.3. The van der Waals surface area contributed by atoms with Crippen molar-refractivity contribution in [2.24, 2.45) is 0 Å². The molecule has 1 aromatic heterocycles. The van der Waals surface area contributed by atoms with Gasteiger partial charge in [0.25, 0.3) is 5.95 Å². The van der Waals surface area contributed by atoms with Gasteiger partial charge in [-0.25, -0.2) is 10.0 Å². The fraction of sp³-hybridized carbons (Fsp3) is 0.700. The van der Waals surface area contributed by atoms with Gasteiger partial charge in [-0.05, 0) is 19.3 Å². The summed E-state index contributed by atoms with van der Waals surface area (Å²) in [6.07, 6.45) is 2.80. The molecule has 0 atom stereocenters. The standard InChI is InChI=1S/C10H16N4O/c1-3-8-9(4-2)12-13-10(11-8)14-6-5-7-15-14/h3-7H2,1-2H3. The Kier molecular flexibility index (Phi) is 3.11. The van der Waals surface area contributed by atoms with Gasteiger partial charge in [0.2, 0.25) is 0 Å². The highest BCUT2D eigenvalue weighted by atomic mass is 16.7. The van der Waals surface area contributed by atoms with Crippen molar-refractivity contribution in [2.75, 3.05) is 18.2 Å². The Labute approximate surface area is 89.4 Å². The molecule has 15 heavy (non-hydrogen) atoms. The Hall–Kier alpha value is -1.23. The monoisotopic (exact) mass is 208 g/mol. The lowest BCUT2D eigenvalue weighted by Crippen LogP contribution is -2.21. The van der Waals surface area contributed by atoms with E-state index in [9.17, 15) is 0 Å². The summed E-state index contributed by atoms with van der Waals surface area (Å²) in [4.78, 5) is 9.85. The zero-order valence-corrected chi connectivity index (χ0v) is 9.23. The van der Waals surface area contributed by atoms with Gasteiger partial charge >= 0.3 is 0 Å². The minimum absolute atomic E-state index is 0.599. The minimum atomic E-state index is 0.599. The van der Waals surface area contributed by atoms with Crippen LogP contribution in [0.3, 0.4) is 0 Å². The molecule has 1 aliphatic heterocycles. The number of anilines is 1. The molecule has 1 saturated heterocycles. The maximum absolute atomic E-state index is 5.38. The van der Waals surface area contributed by atoms with Crippen molar-refractivity contribution in [1.82, 2.24) is 15.2 Å². The smallest absolute Gasteiger partial charge is 0.269 e. The third kappa shape index (κ3) is 2.07. The summed E-state index contributed by atoms with van der Waals surface area (Å²) >= 11 is 0. The van der Waals surface area contributed by atoms with Gasteiger partial charge in [-0.15, -0.1) is 10.2 Å². The minimum Gasteiger partial charge on any atom is -0.271 e. The molecule has 0 bridgehead atoms. The van der Waals surface area contributed by atoms with Crippen LogP contribution in [0.1, 0.15) is 31.7 Å². The molecule has 82 valence electrons. The molecule has 0 unspecified atom stereocenters. The maximum Gasteiger partial charge on any atom is 0.269 e. The van der Waals surface area contributed by atoms with Crippen LogP contribution in [0, 0.1) is 0 Å². The van der Waals surface area contributed by atoms with Crippen molar-refractivity contribution < 1.29 is 4.84 Å². The zero-order valence-electron chi connectivity index (χ0n) is 9.23. The second kappa shape index (κ2) is 4.53. The molecule has 0 radical (unpaired) electrons. The summed E-state index contributed by atoms with van der Waals surface area (Å²) in [6.45, 7) is 5.76. The first-order valence-corrected chi connectivity index (χ1v) is 5.48. The van der Waals surface area contributed by atoms with E-state index in [0.717, 1.165) is 43.8 Å². The number of hydrogen-bond donors (Lipinski definition) is 0. The highest BCUT2D eigenvalue weighted by molar-refractivity contribution is 5.27. The van der Waals surface area contributed by atoms with Crippen molar-refractivity contribution >= 4 is 5.95 Å². The van der Waals surface area contributed by atoms with E-state index in [1.54, 1.807) is 5.06 Å². The summed E-state index contributed by atoms with van der Waals surface area (Å²) < 4.78 is 0.